The summed E-state index contributed by atoms with van der Waals surface area (Å²) in [5, 5.41) is 0. The average Bonchev–Trinajstić information content (AvgIpc) is 2.79. The smallest absolute Gasteiger partial charge is 0.259 e. The molecule has 2 bridgehead atoms. The van der Waals surface area contributed by atoms with Crippen molar-refractivity contribution in [1.82, 2.24) is 4.67 Å². The van der Waals surface area contributed by atoms with Crippen molar-refractivity contribution in [3.05, 3.63) is 12.2 Å². The molecule has 0 aromatic carbocycles. The monoisotopic (exact) mass is 311 g/mol. The third kappa shape index (κ3) is 2.95. The fourth-order valence-electron chi connectivity index (χ4n) is 4.59. The second-order valence-electron chi connectivity index (χ2n) is 7.29. The summed E-state index contributed by atoms with van der Waals surface area (Å²) >= 11 is 0. The Morgan fingerprint density at radius 3 is 2.10 bits per heavy atom. The number of fused-ring (bicyclic) bond motifs is 5. The van der Waals surface area contributed by atoms with Gasteiger partial charge in [0.1, 0.15) is 0 Å². The Balaban J connectivity index is 1.54. The molecule has 21 heavy (non-hydrogen) atoms. The minimum atomic E-state index is -0.910. The van der Waals surface area contributed by atoms with Crippen molar-refractivity contribution in [2.24, 2.45) is 29.6 Å². The van der Waals surface area contributed by atoms with Crippen LogP contribution >= 0.6 is 8.53 Å². The maximum atomic E-state index is 6.29. The van der Waals surface area contributed by atoms with Crippen LogP contribution in [-0.2, 0) is 9.05 Å². The Bertz CT molecular complexity index is 372. The molecule has 0 aromatic rings. The molecule has 0 N–H and O–H groups in total. The summed E-state index contributed by atoms with van der Waals surface area (Å²) in [6, 6.07) is 0.915. The van der Waals surface area contributed by atoms with Crippen LogP contribution in [0, 0.1) is 29.6 Å². The van der Waals surface area contributed by atoms with E-state index in [1.54, 1.807) is 0 Å². The van der Waals surface area contributed by atoms with E-state index in [9.17, 15) is 0 Å². The third-order valence-electron chi connectivity index (χ3n) is 5.29. The molecule has 0 heterocycles. The van der Waals surface area contributed by atoms with Crippen molar-refractivity contribution in [3.8, 4) is 0 Å². The van der Waals surface area contributed by atoms with Gasteiger partial charge in [-0.2, -0.15) is 0 Å². The molecule has 0 saturated heterocycles. The topological polar surface area (TPSA) is 21.7 Å². The summed E-state index contributed by atoms with van der Waals surface area (Å²) in [4.78, 5) is 0. The van der Waals surface area contributed by atoms with Gasteiger partial charge in [0.25, 0.3) is 8.53 Å². The van der Waals surface area contributed by atoms with Crippen LogP contribution in [0.3, 0.4) is 0 Å². The van der Waals surface area contributed by atoms with Gasteiger partial charge in [0, 0.05) is 12.1 Å². The molecule has 120 valence electrons. The van der Waals surface area contributed by atoms with Gasteiger partial charge in [-0.1, -0.05) is 12.2 Å². The van der Waals surface area contributed by atoms with E-state index in [4.69, 9.17) is 9.05 Å². The molecule has 0 aliphatic heterocycles. The third-order valence-corrected chi connectivity index (χ3v) is 7.44. The molecular weight excluding hydrogens is 281 g/mol. The van der Waals surface area contributed by atoms with Gasteiger partial charge < -0.3 is 9.05 Å². The Kier molecular flexibility index (Phi) is 4.76. The number of nitrogens with zero attached hydrogens (tertiary/aromatic N) is 1. The Morgan fingerprint density at radius 1 is 1.05 bits per heavy atom. The first-order chi connectivity index (χ1) is 10.0. The van der Waals surface area contributed by atoms with E-state index in [0.29, 0.717) is 12.1 Å². The highest BCUT2D eigenvalue weighted by molar-refractivity contribution is 7.44. The van der Waals surface area contributed by atoms with Crippen LogP contribution in [0.4, 0.5) is 0 Å². The molecule has 3 aliphatic carbocycles. The molecule has 0 radical (unpaired) electrons. The highest BCUT2D eigenvalue weighted by Gasteiger charge is 2.63. The lowest BCUT2D eigenvalue weighted by molar-refractivity contribution is 0.168. The van der Waals surface area contributed by atoms with Gasteiger partial charge in [-0.15, -0.1) is 0 Å². The van der Waals surface area contributed by atoms with Crippen molar-refractivity contribution < 1.29 is 9.05 Å². The minimum absolute atomic E-state index is 0.458. The normalized spacial score (nSPS) is 37.8. The highest BCUT2D eigenvalue weighted by atomic mass is 31.2. The highest BCUT2D eigenvalue weighted by Crippen LogP contribution is 2.67. The van der Waals surface area contributed by atoms with Crippen LogP contribution in [0.5, 0.6) is 0 Å². The van der Waals surface area contributed by atoms with Crippen LogP contribution in [-0.4, -0.2) is 30.0 Å². The lowest BCUT2D eigenvalue weighted by Gasteiger charge is -2.35. The van der Waals surface area contributed by atoms with Gasteiger partial charge in [-0.25, -0.2) is 4.67 Å². The summed E-state index contributed by atoms with van der Waals surface area (Å²) in [5.74, 6) is 4.35. The number of hydrogen-bond donors (Lipinski definition) is 0. The van der Waals surface area contributed by atoms with Crippen LogP contribution in [0.25, 0.3) is 0 Å². The van der Waals surface area contributed by atoms with E-state index in [2.05, 4.69) is 51.4 Å². The van der Waals surface area contributed by atoms with Gasteiger partial charge in [-0.3, -0.25) is 0 Å². The molecule has 0 amide bonds. The summed E-state index contributed by atoms with van der Waals surface area (Å²) < 4.78 is 14.6. The summed E-state index contributed by atoms with van der Waals surface area (Å²) in [7, 11) is -0.910. The van der Waals surface area contributed by atoms with E-state index >= 15 is 0 Å². The molecule has 5 unspecified atom stereocenters. The van der Waals surface area contributed by atoms with Gasteiger partial charge in [-0.05, 0) is 70.6 Å². The van der Waals surface area contributed by atoms with Crippen LogP contribution in [0.2, 0.25) is 0 Å². The maximum absolute atomic E-state index is 6.29. The second-order valence-corrected chi connectivity index (χ2v) is 8.74. The number of rotatable bonds is 8. The van der Waals surface area contributed by atoms with Gasteiger partial charge >= 0.3 is 0 Å². The Labute approximate surface area is 131 Å². The van der Waals surface area contributed by atoms with E-state index < -0.39 is 8.53 Å². The van der Waals surface area contributed by atoms with E-state index in [-0.39, 0.29) is 0 Å². The number of hydrogen-bond acceptors (Lipinski definition) is 3. The van der Waals surface area contributed by atoms with Gasteiger partial charge in [0.2, 0.25) is 0 Å². The lowest BCUT2D eigenvalue weighted by Crippen LogP contribution is -2.33. The van der Waals surface area contributed by atoms with Crippen molar-refractivity contribution in [2.45, 2.75) is 53.1 Å². The SMILES string of the molecule is CCOP(OCC1C2C3C=CC(C3)C12)N(C(C)C)C(C)C. The predicted molar refractivity (Wildman–Crippen MR) is 87.8 cm³/mol. The largest absolute Gasteiger partial charge is 0.322 e. The predicted octanol–water partition coefficient (Wildman–Crippen LogP) is 4.45. The second kappa shape index (κ2) is 6.28. The molecule has 2 saturated carbocycles. The maximum Gasteiger partial charge on any atom is 0.259 e. The van der Waals surface area contributed by atoms with Gasteiger partial charge in [0.15, 0.2) is 0 Å². The van der Waals surface area contributed by atoms with Crippen LogP contribution in [0.15, 0.2) is 12.2 Å². The zero-order valence-electron chi connectivity index (χ0n) is 14.0. The fourth-order valence-corrected chi connectivity index (χ4v) is 6.20. The molecule has 3 rings (SSSR count). The average molecular weight is 311 g/mol. The molecule has 0 spiro atoms. The van der Waals surface area contributed by atoms with E-state index in [1.807, 2.05) is 0 Å². The molecule has 0 aromatic heterocycles. The summed E-state index contributed by atoms with van der Waals surface area (Å²) in [5.41, 5.74) is 0. The standard InChI is InChI=1S/C17H30NO2P/c1-6-19-21(18(11(2)3)12(4)5)20-10-15-16-13-7-8-14(9-13)17(15)16/h7-8,11-17H,6,9-10H2,1-5H3. The molecule has 5 atom stereocenters. The van der Waals surface area contributed by atoms with Crippen LogP contribution in [0.1, 0.15) is 41.0 Å². The van der Waals surface area contributed by atoms with Crippen molar-refractivity contribution >= 4 is 8.53 Å². The first-order valence-corrected chi connectivity index (χ1v) is 9.70. The Hall–Kier alpha value is 0.0500. The van der Waals surface area contributed by atoms with Gasteiger partial charge in [0.05, 0.1) is 13.2 Å². The van der Waals surface area contributed by atoms with Crippen LogP contribution < -0.4 is 0 Å². The fraction of sp³-hybridized carbons (Fsp3) is 0.882. The van der Waals surface area contributed by atoms with E-state index in [1.165, 1.54) is 6.42 Å². The van der Waals surface area contributed by atoms with Crippen molar-refractivity contribution in [2.75, 3.05) is 13.2 Å². The van der Waals surface area contributed by atoms with E-state index in [0.717, 1.165) is 42.8 Å². The molecule has 4 heteroatoms. The van der Waals surface area contributed by atoms with Crippen molar-refractivity contribution in [1.29, 1.82) is 0 Å². The molecule has 2 fully saturated rings. The first kappa shape index (κ1) is 15.9. The Morgan fingerprint density at radius 2 is 1.62 bits per heavy atom. The minimum Gasteiger partial charge on any atom is -0.322 e. The number of allylic oxidation sites excluding steroid dienone is 2. The zero-order valence-corrected chi connectivity index (χ0v) is 14.9. The lowest BCUT2D eigenvalue weighted by atomic mass is 10.0. The zero-order chi connectivity index (χ0) is 15.1. The first-order valence-electron chi connectivity index (χ1n) is 8.57. The summed E-state index contributed by atoms with van der Waals surface area (Å²) in [6.07, 6.45) is 6.31. The van der Waals surface area contributed by atoms with Crippen molar-refractivity contribution in [3.63, 3.8) is 0 Å². The molecule has 3 nitrogen and oxygen atoms in total. The molecular formula is C17H30NO2P. The summed E-state index contributed by atoms with van der Waals surface area (Å²) in [6.45, 7) is 12.6. The molecule has 3 aliphatic rings. The quantitative estimate of drug-likeness (QED) is 0.488.